The third-order valence-corrected chi connectivity index (χ3v) is 5.33. The van der Waals surface area contributed by atoms with Gasteiger partial charge in [0.25, 0.3) is 0 Å². The Kier molecular flexibility index (Phi) is 6.13. The molecule has 1 aromatic heterocycles. The monoisotopic (exact) mass is 345 g/mol. The molecule has 0 saturated carbocycles. The molecule has 3 N–H and O–H groups in total. The molecule has 2 saturated heterocycles. The van der Waals surface area contributed by atoms with Crippen molar-refractivity contribution in [3.8, 4) is 0 Å². The van der Waals surface area contributed by atoms with Crippen LogP contribution in [0.3, 0.4) is 0 Å². The number of nitrogens with zero attached hydrogens (tertiary/aromatic N) is 2. The van der Waals surface area contributed by atoms with E-state index in [9.17, 15) is 4.79 Å². The number of aromatic nitrogens is 1. The lowest BCUT2D eigenvalue weighted by Crippen LogP contribution is -2.39. The van der Waals surface area contributed by atoms with Crippen molar-refractivity contribution in [1.29, 1.82) is 0 Å². The van der Waals surface area contributed by atoms with Crippen molar-refractivity contribution in [2.45, 2.75) is 52.0 Å². The molecule has 2 aliphatic rings. The van der Waals surface area contributed by atoms with Crippen LogP contribution in [0.2, 0.25) is 0 Å². The highest BCUT2D eigenvalue weighted by atomic mass is 16.2. The molecule has 3 rings (SSSR count). The zero-order valence-electron chi connectivity index (χ0n) is 15.5. The first-order valence-corrected chi connectivity index (χ1v) is 9.62. The van der Waals surface area contributed by atoms with Crippen LogP contribution in [0, 0.1) is 12.8 Å². The molecule has 3 heterocycles. The second kappa shape index (κ2) is 8.52. The van der Waals surface area contributed by atoms with E-state index in [0.29, 0.717) is 18.5 Å². The minimum Gasteiger partial charge on any atom is -0.354 e. The fraction of sp³-hybridized carbons (Fsp3) is 0.684. The third-order valence-electron chi connectivity index (χ3n) is 5.33. The van der Waals surface area contributed by atoms with Crippen molar-refractivity contribution in [3.63, 3.8) is 0 Å². The summed E-state index contributed by atoms with van der Waals surface area (Å²) in [5.74, 6) is 1.58. The van der Waals surface area contributed by atoms with Gasteiger partial charge in [0.1, 0.15) is 5.82 Å². The van der Waals surface area contributed by atoms with Gasteiger partial charge >= 0.3 is 6.03 Å². The molecule has 6 heteroatoms. The number of urea groups is 1. The highest BCUT2D eigenvalue weighted by molar-refractivity contribution is 5.89. The summed E-state index contributed by atoms with van der Waals surface area (Å²) in [7, 11) is 0. The van der Waals surface area contributed by atoms with Crippen LogP contribution in [-0.2, 0) is 0 Å². The third kappa shape index (κ3) is 4.84. The van der Waals surface area contributed by atoms with E-state index >= 15 is 0 Å². The minimum atomic E-state index is -0.147. The van der Waals surface area contributed by atoms with Crippen molar-refractivity contribution in [1.82, 2.24) is 15.6 Å². The molecule has 0 radical (unpaired) electrons. The highest BCUT2D eigenvalue weighted by Crippen LogP contribution is 2.27. The molecule has 1 aromatic rings. The number of hydrogen-bond donors (Lipinski definition) is 3. The zero-order valence-corrected chi connectivity index (χ0v) is 15.5. The van der Waals surface area contributed by atoms with E-state index in [2.05, 4.69) is 39.7 Å². The summed E-state index contributed by atoms with van der Waals surface area (Å²) in [6.45, 7) is 8.20. The number of amides is 2. The van der Waals surface area contributed by atoms with Crippen LogP contribution in [-0.4, -0.2) is 43.2 Å². The number of nitrogens with one attached hydrogen (secondary N) is 3. The summed E-state index contributed by atoms with van der Waals surface area (Å²) in [6.07, 6.45) is 7.88. The van der Waals surface area contributed by atoms with Crippen LogP contribution < -0.4 is 20.9 Å². The first-order chi connectivity index (χ1) is 12.1. The Bertz CT molecular complexity index is 585. The number of aryl methyl sites for hydroxylation is 1. The molecule has 0 aliphatic carbocycles. The van der Waals surface area contributed by atoms with Gasteiger partial charge in [-0.05, 0) is 76.6 Å². The van der Waals surface area contributed by atoms with Gasteiger partial charge in [-0.25, -0.2) is 9.78 Å². The first-order valence-electron chi connectivity index (χ1n) is 9.62. The van der Waals surface area contributed by atoms with Crippen molar-refractivity contribution < 1.29 is 4.79 Å². The van der Waals surface area contributed by atoms with Crippen molar-refractivity contribution in [3.05, 3.63) is 17.8 Å². The van der Waals surface area contributed by atoms with Crippen LogP contribution >= 0.6 is 0 Å². The maximum Gasteiger partial charge on any atom is 0.319 e. The fourth-order valence-electron chi connectivity index (χ4n) is 3.86. The normalized spacial score (nSPS) is 24.0. The maximum atomic E-state index is 12.1. The standard InChI is InChI=1S/C19H31N5O/c1-14-10-17(13-21-18(14)24-9-4-3-6-15(24)2)23-19(25)22-12-16-7-5-8-20-11-16/h10,13,15-16,20H,3-9,11-12H2,1-2H3,(H2,22,23,25). The van der Waals surface area contributed by atoms with Gasteiger partial charge in [-0.1, -0.05) is 0 Å². The minimum absolute atomic E-state index is 0.147. The molecule has 2 aliphatic heterocycles. The van der Waals surface area contributed by atoms with Crippen molar-refractivity contribution in [2.75, 3.05) is 36.4 Å². The molecule has 0 spiro atoms. The number of pyridine rings is 1. The van der Waals surface area contributed by atoms with E-state index in [1.807, 2.05) is 6.07 Å². The highest BCUT2D eigenvalue weighted by Gasteiger charge is 2.21. The van der Waals surface area contributed by atoms with Gasteiger partial charge < -0.3 is 20.9 Å². The quantitative estimate of drug-likeness (QED) is 0.785. The summed E-state index contributed by atoms with van der Waals surface area (Å²) >= 11 is 0. The Morgan fingerprint density at radius 1 is 1.36 bits per heavy atom. The Morgan fingerprint density at radius 3 is 2.96 bits per heavy atom. The van der Waals surface area contributed by atoms with Crippen molar-refractivity contribution in [2.24, 2.45) is 5.92 Å². The lowest BCUT2D eigenvalue weighted by Gasteiger charge is -2.35. The molecule has 0 aromatic carbocycles. The molecule has 0 bridgehead atoms. The van der Waals surface area contributed by atoms with Crippen LogP contribution in [0.25, 0.3) is 0 Å². The summed E-state index contributed by atoms with van der Waals surface area (Å²) in [5.41, 5.74) is 1.87. The lowest BCUT2D eigenvalue weighted by molar-refractivity contribution is 0.248. The molecule has 2 unspecified atom stereocenters. The number of anilines is 2. The largest absolute Gasteiger partial charge is 0.354 e. The Balaban J connectivity index is 1.54. The van der Waals surface area contributed by atoms with Gasteiger partial charge in [0.15, 0.2) is 0 Å². The topological polar surface area (TPSA) is 69.3 Å². The predicted molar refractivity (Wildman–Crippen MR) is 102 cm³/mol. The molecule has 6 nitrogen and oxygen atoms in total. The maximum absolute atomic E-state index is 12.1. The van der Waals surface area contributed by atoms with Gasteiger partial charge in [-0.3, -0.25) is 0 Å². The fourth-order valence-corrected chi connectivity index (χ4v) is 3.86. The van der Waals surface area contributed by atoms with Crippen LogP contribution in [0.4, 0.5) is 16.3 Å². The molecule has 138 valence electrons. The number of carbonyl (C=O) groups is 1. The van der Waals surface area contributed by atoms with Gasteiger partial charge in [0.2, 0.25) is 0 Å². The smallest absolute Gasteiger partial charge is 0.319 e. The van der Waals surface area contributed by atoms with E-state index < -0.39 is 0 Å². The van der Waals surface area contributed by atoms with E-state index in [-0.39, 0.29) is 6.03 Å². The van der Waals surface area contributed by atoms with Crippen LogP contribution in [0.1, 0.15) is 44.6 Å². The number of carbonyl (C=O) groups excluding carboxylic acids is 1. The number of hydrogen-bond acceptors (Lipinski definition) is 4. The summed E-state index contributed by atoms with van der Waals surface area (Å²) in [6, 6.07) is 2.41. The molecular weight excluding hydrogens is 314 g/mol. The van der Waals surface area contributed by atoms with Crippen molar-refractivity contribution >= 4 is 17.5 Å². The molecule has 2 fully saturated rings. The average molecular weight is 345 g/mol. The summed E-state index contributed by atoms with van der Waals surface area (Å²) in [4.78, 5) is 19.1. The Labute approximate surface area is 150 Å². The van der Waals surface area contributed by atoms with E-state index in [1.54, 1.807) is 6.20 Å². The van der Waals surface area contributed by atoms with Gasteiger partial charge in [-0.15, -0.1) is 0 Å². The van der Waals surface area contributed by atoms with Gasteiger partial charge in [0.05, 0.1) is 11.9 Å². The van der Waals surface area contributed by atoms with Gasteiger partial charge in [0, 0.05) is 19.1 Å². The second-order valence-corrected chi connectivity index (χ2v) is 7.45. The van der Waals surface area contributed by atoms with E-state index in [4.69, 9.17) is 0 Å². The van der Waals surface area contributed by atoms with Crippen LogP contribution in [0.15, 0.2) is 12.3 Å². The van der Waals surface area contributed by atoms with Crippen LogP contribution in [0.5, 0.6) is 0 Å². The summed E-state index contributed by atoms with van der Waals surface area (Å²) < 4.78 is 0. The predicted octanol–water partition coefficient (Wildman–Crippen LogP) is 2.89. The second-order valence-electron chi connectivity index (χ2n) is 7.45. The zero-order chi connectivity index (χ0) is 17.6. The molecule has 2 amide bonds. The number of rotatable bonds is 4. The SMILES string of the molecule is Cc1cc(NC(=O)NCC2CCCNC2)cnc1N1CCCCC1C. The van der Waals surface area contributed by atoms with E-state index in [1.165, 1.54) is 32.1 Å². The average Bonchev–Trinajstić information content (AvgIpc) is 2.62. The number of piperidine rings is 2. The first kappa shape index (κ1) is 18.0. The molecule has 25 heavy (non-hydrogen) atoms. The van der Waals surface area contributed by atoms with E-state index in [0.717, 1.165) is 36.7 Å². The lowest BCUT2D eigenvalue weighted by atomic mass is 10.00. The molecule has 2 atom stereocenters. The Hall–Kier alpha value is -1.82. The molecular formula is C19H31N5O. The Morgan fingerprint density at radius 2 is 2.24 bits per heavy atom. The van der Waals surface area contributed by atoms with Gasteiger partial charge in [-0.2, -0.15) is 0 Å². The summed E-state index contributed by atoms with van der Waals surface area (Å²) in [5, 5.41) is 9.26.